The van der Waals surface area contributed by atoms with Gasteiger partial charge in [-0.2, -0.15) is 0 Å². The molecule has 0 unspecified atom stereocenters. The molecule has 6 nitrogen and oxygen atoms in total. The first-order valence-electron chi connectivity index (χ1n) is 7.48. The lowest BCUT2D eigenvalue weighted by Crippen LogP contribution is -2.20. The van der Waals surface area contributed by atoms with Gasteiger partial charge in [-0.15, -0.1) is 11.3 Å². The van der Waals surface area contributed by atoms with Gasteiger partial charge in [-0.05, 0) is 18.2 Å². The summed E-state index contributed by atoms with van der Waals surface area (Å²) >= 11 is 1.63. The van der Waals surface area contributed by atoms with E-state index in [4.69, 9.17) is 18.9 Å². The maximum absolute atomic E-state index is 5.41. The Hall–Kier alpha value is -1.67. The number of methoxy groups -OCH3 is 1. The van der Waals surface area contributed by atoms with E-state index < -0.39 is 0 Å². The zero-order chi connectivity index (χ0) is 15.9. The molecule has 0 radical (unpaired) electrons. The van der Waals surface area contributed by atoms with Gasteiger partial charge in [0, 0.05) is 31.1 Å². The van der Waals surface area contributed by atoms with Crippen LogP contribution in [0, 0.1) is 0 Å². The van der Waals surface area contributed by atoms with Gasteiger partial charge in [-0.1, -0.05) is 0 Å². The summed E-state index contributed by atoms with van der Waals surface area (Å²) in [5, 5.41) is 6.37. The minimum absolute atomic E-state index is 0.290. The molecule has 0 aliphatic carbocycles. The lowest BCUT2D eigenvalue weighted by atomic mass is 10.2. The lowest BCUT2D eigenvalue weighted by Gasteiger charge is -2.04. The van der Waals surface area contributed by atoms with Crippen LogP contribution < -0.4 is 14.8 Å². The van der Waals surface area contributed by atoms with Crippen molar-refractivity contribution in [1.82, 2.24) is 10.3 Å². The van der Waals surface area contributed by atoms with E-state index in [2.05, 4.69) is 15.7 Å². The average molecular weight is 336 g/mol. The first-order chi connectivity index (χ1) is 11.4. The minimum atomic E-state index is 0.290. The number of hydrogen-bond acceptors (Lipinski definition) is 7. The third-order valence-corrected chi connectivity index (χ3v) is 4.27. The van der Waals surface area contributed by atoms with Crippen LogP contribution in [0.2, 0.25) is 0 Å². The lowest BCUT2D eigenvalue weighted by molar-refractivity contribution is 0.0719. The summed E-state index contributed by atoms with van der Waals surface area (Å²) in [6.45, 7) is 3.74. The van der Waals surface area contributed by atoms with Gasteiger partial charge in [-0.3, -0.25) is 0 Å². The zero-order valence-corrected chi connectivity index (χ0v) is 13.9. The molecule has 0 bridgehead atoms. The summed E-state index contributed by atoms with van der Waals surface area (Å²) < 4.78 is 21.1. The second-order valence-electron chi connectivity index (χ2n) is 4.99. The second-order valence-corrected chi connectivity index (χ2v) is 5.85. The van der Waals surface area contributed by atoms with E-state index in [9.17, 15) is 0 Å². The predicted molar refractivity (Wildman–Crippen MR) is 88.1 cm³/mol. The number of nitrogens with one attached hydrogen (secondary N) is 1. The molecule has 0 fully saturated rings. The number of nitrogens with zero attached hydrogens (tertiary/aromatic N) is 1. The standard InChI is InChI=1S/C16H20N2O4S/c1-19-6-7-20-5-4-17-9-13-10-23-16(18-13)12-2-3-14-15(8-12)22-11-21-14/h2-3,8,10,17H,4-7,9,11H2,1H3. The molecule has 2 aromatic rings. The van der Waals surface area contributed by atoms with Crippen LogP contribution >= 0.6 is 11.3 Å². The van der Waals surface area contributed by atoms with E-state index in [1.165, 1.54) is 0 Å². The molecule has 2 heterocycles. The summed E-state index contributed by atoms with van der Waals surface area (Å²) in [4.78, 5) is 4.65. The number of ether oxygens (including phenoxy) is 4. The van der Waals surface area contributed by atoms with Gasteiger partial charge in [0.15, 0.2) is 11.5 Å². The maximum atomic E-state index is 5.41. The molecule has 3 rings (SSSR count). The van der Waals surface area contributed by atoms with E-state index in [1.54, 1.807) is 18.4 Å². The normalized spacial score (nSPS) is 12.7. The third kappa shape index (κ3) is 4.42. The van der Waals surface area contributed by atoms with Crippen molar-refractivity contribution < 1.29 is 18.9 Å². The fourth-order valence-corrected chi connectivity index (χ4v) is 2.97. The third-order valence-electron chi connectivity index (χ3n) is 3.33. The fourth-order valence-electron chi connectivity index (χ4n) is 2.16. The Morgan fingerprint density at radius 1 is 1.22 bits per heavy atom. The monoisotopic (exact) mass is 336 g/mol. The van der Waals surface area contributed by atoms with Crippen LogP contribution in [0.3, 0.4) is 0 Å². The maximum Gasteiger partial charge on any atom is 0.231 e. The van der Waals surface area contributed by atoms with Crippen molar-refractivity contribution in [3.8, 4) is 22.1 Å². The molecule has 0 spiro atoms. The molecule has 7 heteroatoms. The van der Waals surface area contributed by atoms with Crippen LogP contribution in [-0.4, -0.2) is 45.3 Å². The molecule has 0 saturated carbocycles. The molecule has 1 aliphatic rings. The quantitative estimate of drug-likeness (QED) is 0.709. The topological polar surface area (TPSA) is 61.8 Å². The highest BCUT2D eigenvalue weighted by Crippen LogP contribution is 2.36. The van der Waals surface area contributed by atoms with Gasteiger partial charge in [0.1, 0.15) is 5.01 Å². The molecule has 1 N–H and O–H groups in total. The van der Waals surface area contributed by atoms with E-state index in [0.29, 0.717) is 19.8 Å². The van der Waals surface area contributed by atoms with Crippen LogP contribution in [0.5, 0.6) is 11.5 Å². The van der Waals surface area contributed by atoms with E-state index in [0.717, 1.165) is 40.9 Å². The molecule has 0 atom stereocenters. The van der Waals surface area contributed by atoms with Crippen molar-refractivity contribution in [1.29, 1.82) is 0 Å². The highest BCUT2D eigenvalue weighted by atomic mass is 32.1. The number of benzene rings is 1. The van der Waals surface area contributed by atoms with Gasteiger partial charge < -0.3 is 24.3 Å². The number of fused-ring (bicyclic) bond motifs is 1. The summed E-state index contributed by atoms with van der Waals surface area (Å²) in [6, 6.07) is 5.91. The van der Waals surface area contributed by atoms with Crippen molar-refractivity contribution in [2.45, 2.75) is 6.54 Å². The van der Waals surface area contributed by atoms with Gasteiger partial charge in [0.25, 0.3) is 0 Å². The Kier molecular flexibility index (Phi) is 5.82. The van der Waals surface area contributed by atoms with E-state index in [-0.39, 0.29) is 6.79 Å². The Bertz CT molecular complexity index is 632. The van der Waals surface area contributed by atoms with Crippen LogP contribution in [0.1, 0.15) is 5.69 Å². The number of thiazole rings is 1. The number of hydrogen-bond donors (Lipinski definition) is 1. The highest BCUT2D eigenvalue weighted by Gasteiger charge is 2.15. The van der Waals surface area contributed by atoms with Crippen molar-refractivity contribution >= 4 is 11.3 Å². The SMILES string of the molecule is COCCOCCNCc1csc(-c2ccc3c(c2)OCO3)n1. The van der Waals surface area contributed by atoms with Gasteiger partial charge in [0.2, 0.25) is 6.79 Å². The molecule has 1 aromatic heterocycles. The second kappa shape index (κ2) is 8.26. The first-order valence-corrected chi connectivity index (χ1v) is 8.36. The zero-order valence-electron chi connectivity index (χ0n) is 13.0. The van der Waals surface area contributed by atoms with Crippen LogP contribution in [0.15, 0.2) is 23.6 Å². The molecule has 0 saturated heterocycles. The smallest absolute Gasteiger partial charge is 0.231 e. The molecule has 1 aliphatic heterocycles. The van der Waals surface area contributed by atoms with Crippen LogP contribution in [0.4, 0.5) is 0 Å². The molecular formula is C16H20N2O4S. The predicted octanol–water partition coefficient (Wildman–Crippen LogP) is 2.29. The summed E-state index contributed by atoms with van der Waals surface area (Å²) in [5.41, 5.74) is 2.08. The van der Waals surface area contributed by atoms with Gasteiger partial charge >= 0.3 is 0 Å². The molecule has 0 amide bonds. The molecular weight excluding hydrogens is 316 g/mol. The Morgan fingerprint density at radius 3 is 3.04 bits per heavy atom. The van der Waals surface area contributed by atoms with Crippen molar-refractivity contribution in [2.75, 3.05) is 40.3 Å². The van der Waals surface area contributed by atoms with Gasteiger partial charge in [0.05, 0.1) is 25.5 Å². The van der Waals surface area contributed by atoms with Crippen LogP contribution in [0.25, 0.3) is 10.6 Å². The van der Waals surface area contributed by atoms with Crippen LogP contribution in [-0.2, 0) is 16.0 Å². The number of rotatable bonds is 9. The Morgan fingerprint density at radius 2 is 2.13 bits per heavy atom. The average Bonchev–Trinajstić information content (AvgIpc) is 3.22. The molecule has 23 heavy (non-hydrogen) atoms. The first kappa shape index (κ1) is 16.2. The Balaban J connectivity index is 1.47. The Labute approximate surface area is 139 Å². The van der Waals surface area contributed by atoms with E-state index >= 15 is 0 Å². The van der Waals surface area contributed by atoms with Crippen molar-refractivity contribution in [3.05, 3.63) is 29.3 Å². The summed E-state index contributed by atoms with van der Waals surface area (Å²) in [7, 11) is 1.67. The fraction of sp³-hybridized carbons (Fsp3) is 0.438. The van der Waals surface area contributed by atoms with Gasteiger partial charge in [-0.25, -0.2) is 4.98 Å². The van der Waals surface area contributed by atoms with Crippen molar-refractivity contribution in [2.24, 2.45) is 0 Å². The molecule has 124 valence electrons. The van der Waals surface area contributed by atoms with Crippen molar-refractivity contribution in [3.63, 3.8) is 0 Å². The number of aromatic nitrogens is 1. The largest absolute Gasteiger partial charge is 0.454 e. The summed E-state index contributed by atoms with van der Waals surface area (Å²) in [5.74, 6) is 1.58. The minimum Gasteiger partial charge on any atom is -0.454 e. The summed E-state index contributed by atoms with van der Waals surface area (Å²) in [6.07, 6.45) is 0. The highest BCUT2D eigenvalue weighted by molar-refractivity contribution is 7.13. The molecule has 1 aromatic carbocycles. The van der Waals surface area contributed by atoms with E-state index in [1.807, 2.05) is 18.2 Å².